The van der Waals surface area contributed by atoms with Gasteiger partial charge >= 0.3 is 5.97 Å². The van der Waals surface area contributed by atoms with Gasteiger partial charge in [-0.1, -0.05) is 66.3 Å². The van der Waals surface area contributed by atoms with E-state index >= 15 is 0 Å². The molecule has 0 spiro atoms. The summed E-state index contributed by atoms with van der Waals surface area (Å²) in [5, 5.41) is 11.0. The number of benzene rings is 3. The Morgan fingerprint density at radius 3 is 2.54 bits per heavy atom. The maximum atomic E-state index is 12.7. The van der Waals surface area contributed by atoms with Gasteiger partial charge in [-0.15, -0.1) is 0 Å². The van der Waals surface area contributed by atoms with Gasteiger partial charge in [0.25, 0.3) is 5.69 Å². The maximum absolute atomic E-state index is 12.7. The highest BCUT2D eigenvalue weighted by Crippen LogP contribution is 2.46. The molecule has 7 nitrogen and oxygen atoms in total. The van der Waals surface area contributed by atoms with Gasteiger partial charge in [-0.3, -0.25) is 19.8 Å². The van der Waals surface area contributed by atoms with Crippen molar-refractivity contribution in [3.63, 3.8) is 0 Å². The summed E-state index contributed by atoms with van der Waals surface area (Å²) >= 11 is 0. The topological polar surface area (TPSA) is 81.9 Å². The molecular weight excluding hydrogens is 516 g/mol. The number of ether oxygens (including phenoxy) is 2. The van der Waals surface area contributed by atoms with Crippen molar-refractivity contribution in [3.8, 4) is 5.75 Å². The number of fused-ring (bicyclic) bond motifs is 1. The van der Waals surface area contributed by atoms with E-state index in [9.17, 15) is 14.9 Å². The van der Waals surface area contributed by atoms with E-state index in [4.69, 9.17) is 9.47 Å². The van der Waals surface area contributed by atoms with Crippen LogP contribution in [0.4, 0.5) is 5.69 Å². The van der Waals surface area contributed by atoms with Crippen LogP contribution in [0.15, 0.2) is 90.5 Å². The average molecular weight is 553 g/mol. The maximum Gasteiger partial charge on any atom is 0.312 e. The standard InChI is InChI=1S/C34H36N2O5/c1-4-41-33(37)24(2)26-8-6-19-34(21-26,28-12-16-30(40-3)17-13-28)32-9-5-7-27-23-35(20-18-31(27)32)22-25-10-14-29(15-11-25)36(38)39/h5-17,19,24H,4,18,20-23H2,1-3H3. The summed E-state index contributed by atoms with van der Waals surface area (Å²) in [6.45, 7) is 6.53. The quantitative estimate of drug-likeness (QED) is 0.170. The fraction of sp³-hybridized carbons (Fsp3) is 0.324. The first-order valence-electron chi connectivity index (χ1n) is 14.1. The first-order valence-corrected chi connectivity index (χ1v) is 14.1. The molecule has 0 aromatic heterocycles. The Morgan fingerprint density at radius 2 is 1.85 bits per heavy atom. The van der Waals surface area contributed by atoms with E-state index in [1.807, 2.05) is 38.1 Å². The fourth-order valence-corrected chi connectivity index (χ4v) is 6.12. The zero-order chi connectivity index (χ0) is 29.0. The number of hydrogen-bond donors (Lipinski definition) is 0. The van der Waals surface area contributed by atoms with Gasteiger partial charge in [0.05, 0.1) is 24.6 Å². The van der Waals surface area contributed by atoms with Gasteiger partial charge in [-0.25, -0.2) is 0 Å². The lowest BCUT2D eigenvalue weighted by atomic mass is 9.65. The summed E-state index contributed by atoms with van der Waals surface area (Å²) < 4.78 is 10.8. The van der Waals surface area contributed by atoms with Crippen LogP contribution < -0.4 is 4.74 Å². The second-order valence-corrected chi connectivity index (χ2v) is 10.8. The van der Waals surface area contributed by atoms with Gasteiger partial charge < -0.3 is 9.47 Å². The molecule has 0 radical (unpaired) electrons. The number of esters is 1. The SMILES string of the molecule is CCOC(=O)C(C)C1=CC=CC(c2ccc(OC)cc2)(c2cccc3c2CCN(Cc2ccc([N+](=O)[O-])cc2)C3)C1. The number of carbonyl (C=O) groups is 1. The number of carbonyl (C=O) groups excluding carboxylic acids is 1. The molecule has 3 aromatic rings. The van der Waals surface area contributed by atoms with Gasteiger partial charge in [0.1, 0.15) is 5.75 Å². The highest BCUT2D eigenvalue weighted by atomic mass is 16.6. The Bertz CT molecular complexity index is 1480. The van der Waals surface area contributed by atoms with E-state index in [-0.39, 0.29) is 22.5 Å². The Balaban J connectivity index is 1.48. The van der Waals surface area contributed by atoms with Crippen molar-refractivity contribution in [1.82, 2.24) is 4.90 Å². The summed E-state index contributed by atoms with van der Waals surface area (Å²) in [6, 6.07) is 21.7. The zero-order valence-electron chi connectivity index (χ0n) is 23.8. The van der Waals surface area contributed by atoms with Crippen molar-refractivity contribution in [3.05, 3.63) is 128 Å². The molecule has 0 saturated heterocycles. The van der Waals surface area contributed by atoms with Crippen LogP contribution >= 0.6 is 0 Å². The van der Waals surface area contributed by atoms with Crippen molar-refractivity contribution in [2.24, 2.45) is 5.92 Å². The molecule has 2 atom stereocenters. The van der Waals surface area contributed by atoms with Crippen molar-refractivity contribution in [2.75, 3.05) is 20.3 Å². The largest absolute Gasteiger partial charge is 0.497 e. The minimum atomic E-state index is -0.441. The molecule has 0 saturated carbocycles. The van der Waals surface area contributed by atoms with Gasteiger partial charge in [0.2, 0.25) is 0 Å². The third-order valence-corrected chi connectivity index (χ3v) is 8.35. The molecular formula is C34H36N2O5. The van der Waals surface area contributed by atoms with Crippen LogP contribution in [0.2, 0.25) is 0 Å². The van der Waals surface area contributed by atoms with Crippen LogP contribution in [0, 0.1) is 16.0 Å². The Kier molecular flexibility index (Phi) is 8.36. The second-order valence-electron chi connectivity index (χ2n) is 10.8. The number of allylic oxidation sites excluding steroid dienone is 3. The van der Waals surface area contributed by atoms with E-state index in [1.54, 1.807) is 19.2 Å². The summed E-state index contributed by atoms with van der Waals surface area (Å²) in [6.07, 6.45) is 7.98. The first kappa shape index (κ1) is 28.3. The Labute approximate surface area is 241 Å². The van der Waals surface area contributed by atoms with Crippen molar-refractivity contribution in [1.29, 1.82) is 0 Å². The van der Waals surface area contributed by atoms with Crippen molar-refractivity contribution >= 4 is 11.7 Å². The number of rotatable bonds is 9. The lowest BCUT2D eigenvalue weighted by Crippen LogP contribution is -2.35. The molecule has 7 heteroatoms. The minimum Gasteiger partial charge on any atom is -0.497 e. The molecule has 5 rings (SSSR count). The molecule has 0 fully saturated rings. The van der Waals surface area contributed by atoms with Crippen LogP contribution in [0.1, 0.15) is 48.1 Å². The normalized spacial score (nSPS) is 19.1. The molecule has 0 N–H and O–H groups in total. The van der Waals surface area contributed by atoms with Crippen LogP contribution in [0.5, 0.6) is 5.75 Å². The van der Waals surface area contributed by atoms with Gasteiger partial charge in [-0.2, -0.15) is 0 Å². The lowest BCUT2D eigenvalue weighted by molar-refractivity contribution is -0.384. The number of nitro benzene ring substituents is 1. The molecule has 1 aliphatic heterocycles. The Hall–Kier alpha value is -4.23. The van der Waals surface area contributed by atoms with Crippen molar-refractivity contribution < 1.29 is 19.2 Å². The van der Waals surface area contributed by atoms with Crippen LogP contribution in [-0.2, 0) is 34.5 Å². The second kappa shape index (κ2) is 12.1. The van der Waals surface area contributed by atoms with Gasteiger partial charge in [0, 0.05) is 37.2 Å². The summed E-state index contributed by atoms with van der Waals surface area (Å²) in [4.78, 5) is 25.8. The number of nitro groups is 1. The first-order chi connectivity index (χ1) is 19.8. The third-order valence-electron chi connectivity index (χ3n) is 8.35. The predicted molar refractivity (Wildman–Crippen MR) is 159 cm³/mol. The highest BCUT2D eigenvalue weighted by molar-refractivity contribution is 5.76. The smallest absolute Gasteiger partial charge is 0.312 e. The molecule has 212 valence electrons. The molecule has 2 aliphatic rings. The van der Waals surface area contributed by atoms with E-state index in [0.29, 0.717) is 13.0 Å². The van der Waals surface area contributed by atoms with E-state index in [0.717, 1.165) is 48.5 Å². The molecule has 3 aromatic carbocycles. The monoisotopic (exact) mass is 552 g/mol. The fourth-order valence-electron chi connectivity index (χ4n) is 6.12. The molecule has 2 unspecified atom stereocenters. The van der Waals surface area contributed by atoms with Gasteiger partial charge in [-0.05, 0) is 66.6 Å². The highest BCUT2D eigenvalue weighted by Gasteiger charge is 2.39. The molecule has 41 heavy (non-hydrogen) atoms. The number of methoxy groups -OCH3 is 1. The molecule has 0 bridgehead atoms. The number of nitrogens with zero attached hydrogens (tertiary/aromatic N) is 2. The van der Waals surface area contributed by atoms with Crippen LogP contribution in [-0.4, -0.2) is 36.1 Å². The average Bonchev–Trinajstić information content (AvgIpc) is 3.00. The van der Waals surface area contributed by atoms with E-state index in [1.165, 1.54) is 16.7 Å². The third kappa shape index (κ3) is 5.81. The molecule has 1 aliphatic carbocycles. The van der Waals surface area contributed by atoms with E-state index < -0.39 is 5.41 Å². The summed E-state index contributed by atoms with van der Waals surface area (Å²) in [7, 11) is 1.67. The minimum absolute atomic E-state index is 0.109. The number of hydrogen-bond acceptors (Lipinski definition) is 6. The van der Waals surface area contributed by atoms with Gasteiger partial charge in [0.15, 0.2) is 0 Å². The van der Waals surface area contributed by atoms with Crippen LogP contribution in [0.25, 0.3) is 0 Å². The number of non-ortho nitro benzene ring substituents is 1. The summed E-state index contributed by atoms with van der Waals surface area (Å²) in [5.74, 6) is 0.264. The molecule has 0 amide bonds. The van der Waals surface area contributed by atoms with E-state index in [2.05, 4.69) is 53.5 Å². The lowest BCUT2D eigenvalue weighted by Gasteiger charge is -2.40. The molecule has 1 heterocycles. The summed E-state index contributed by atoms with van der Waals surface area (Å²) in [5.41, 5.74) is 6.81. The predicted octanol–water partition coefficient (Wildman–Crippen LogP) is 6.53. The van der Waals surface area contributed by atoms with Crippen molar-refractivity contribution in [2.45, 2.75) is 45.2 Å². The Morgan fingerprint density at radius 1 is 1.10 bits per heavy atom. The zero-order valence-corrected chi connectivity index (χ0v) is 23.8. The van der Waals surface area contributed by atoms with Crippen LogP contribution in [0.3, 0.4) is 0 Å².